The van der Waals surface area contributed by atoms with E-state index in [0.717, 1.165) is 5.56 Å². The van der Waals surface area contributed by atoms with Crippen LogP contribution in [0, 0.1) is 11.3 Å². The first-order valence-electron chi connectivity index (χ1n) is 7.32. The topological polar surface area (TPSA) is 138 Å². The lowest BCUT2D eigenvalue weighted by Gasteiger charge is -2.24. The predicted octanol–water partition coefficient (Wildman–Crippen LogP) is 0.524. The lowest BCUT2D eigenvalue weighted by atomic mass is 9.89. The van der Waals surface area contributed by atoms with Crippen LogP contribution in [0.4, 0.5) is 5.69 Å². The fourth-order valence-electron chi connectivity index (χ4n) is 2.42. The van der Waals surface area contributed by atoms with Gasteiger partial charge in [-0.05, 0) is 24.5 Å². The molecule has 1 amide bonds. The Bertz CT molecular complexity index is 617. The summed E-state index contributed by atoms with van der Waals surface area (Å²) in [6.45, 7) is 0.754. The van der Waals surface area contributed by atoms with Gasteiger partial charge in [0.25, 0.3) is 0 Å². The monoisotopic (exact) mass is 320 g/mol. The van der Waals surface area contributed by atoms with E-state index >= 15 is 0 Å². The number of anilines is 1. The normalized spacial score (nSPS) is 16.2. The smallest absolute Gasteiger partial charge is 0.303 e. The van der Waals surface area contributed by atoms with Crippen molar-refractivity contribution in [2.75, 3.05) is 18.5 Å². The van der Waals surface area contributed by atoms with Crippen molar-refractivity contribution < 1.29 is 19.4 Å². The molecule has 0 fully saturated rings. The number of fused-ring (bicyclic) bond motifs is 1. The predicted molar refractivity (Wildman–Crippen MR) is 84.5 cm³/mol. The van der Waals surface area contributed by atoms with Crippen molar-refractivity contribution in [1.29, 1.82) is 5.41 Å². The number of ether oxygens (including phenoxy) is 1. The van der Waals surface area contributed by atoms with Gasteiger partial charge in [-0.25, -0.2) is 0 Å². The molecule has 1 atom stereocenters. The van der Waals surface area contributed by atoms with E-state index in [4.69, 9.17) is 21.0 Å². The maximum atomic E-state index is 12.0. The number of nitrogens with one attached hydrogen (secondary N) is 3. The second-order valence-corrected chi connectivity index (χ2v) is 5.33. The van der Waals surface area contributed by atoms with E-state index in [1.54, 1.807) is 12.1 Å². The first kappa shape index (κ1) is 16.6. The molecule has 2 rings (SSSR count). The SMILES string of the molecule is N=C(N)NCCOc1ccc2c(c1)NC(=O)C(CCC(=O)O)C2. The number of nitrogens with two attached hydrogens (primary N) is 1. The third kappa shape index (κ3) is 4.87. The molecule has 124 valence electrons. The number of guanidine groups is 1. The molecule has 1 aliphatic heterocycles. The second kappa shape index (κ2) is 7.48. The number of benzene rings is 1. The molecule has 0 aromatic heterocycles. The number of amides is 1. The van der Waals surface area contributed by atoms with E-state index in [-0.39, 0.29) is 24.2 Å². The molecule has 1 heterocycles. The van der Waals surface area contributed by atoms with Crippen LogP contribution in [0.2, 0.25) is 0 Å². The Morgan fingerprint density at radius 2 is 2.30 bits per heavy atom. The van der Waals surface area contributed by atoms with Crippen LogP contribution in [0.15, 0.2) is 18.2 Å². The molecule has 1 unspecified atom stereocenters. The van der Waals surface area contributed by atoms with Crippen molar-refractivity contribution in [3.8, 4) is 5.75 Å². The number of hydrogen-bond donors (Lipinski definition) is 5. The molecule has 0 spiro atoms. The van der Waals surface area contributed by atoms with E-state index < -0.39 is 5.97 Å². The van der Waals surface area contributed by atoms with Crippen molar-refractivity contribution in [3.05, 3.63) is 23.8 Å². The molecule has 1 aliphatic rings. The Kier molecular flexibility index (Phi) is 5.40. The van der Waals surface area contributed by atoms with Gasteiger partial charge in [-0.1, -0.05) is 6.07 Å². The van der Waals surface area contributed by atoms with Crippen LogP contribution in [-0.4, -0.2) is 36.1 Å². The molecule has 8 heteroatoms. The van der Waals surface area contributed by atoms with Gasteiger partial charge in [0.05, 0.1) is 6.54 Å². The van der Waals surface area contributed by atoms with Crippen LogP contribution < -0.4 is 21.1 Å². The fraction of sp³-hybridized carbons (Fsp3) is 0.400. The summed E-state index contributed by atoms with van der Waals surface area (Å²) in [6, 6.07) is 5.42. The maximum Gasteiger partial charge on any atom is 0.303 e. The summed E-state index contributed by atoms with van der Waals surface area (Å²) in [5, 5.41) is 21.2. The standard InChI is InChI=1S/C15H20N4O4/c16-15(17)18-5-6-23-11-3-1-9-7-10(2-4-13(20)21)14(22)19-12(9)8-11/h1,3,8,10H,2,4-7H2,(H,19,22)(H,20,21)(H4,16,17,18). The third-order valence-electron chi connectivity index (χ3n) is 3.57. The lowest BCUT2D eigenvalue weighted by Crippen LogP contribution is -2.33. The highest BCUT2D eigenvalue weighted by Gasteiger charge is 2.26. The summed E-state index contributed by atoms with van der Waals surface area (Å²) in [4.78, 5) is 22.7. The lowest BCUT2D eigenvalue weighted by molar-refractivity contribution is -0.137. The summed E-state index contributed by atoms with van der Waals surface area (Å²) in [6.07, 6.45) is 0.841. The molecule has 1 aromatic rings. The highest BCUT2D eigenvalue weighted by molar-refractivity contribution is 5.96. The van der Waals surface area contributed by atoms with E-state index in [1.807, 2.05) is 6.07 Å². The first-order chi connectivity index (χ1) is 11.0. The molecule has 0 bridgehead atoms. The van der Waals surface area contributed by atoms with Crippen LogP contribution in [0.25, 0.3) is 0 Å². The summed E-state index contributed by atoms with van der Waals surface area (Å²) in [7, 11) is 0. The summed E-state index contributed by atoms with van der Waals surface area (Å²) in [5.41, 5.74) is 6.83. The maximum absolute atomic E-state index is 12.0. The molecule has 23 heavy (non-hydrogen) atoms. The van der Waals surface area contributed by atoms with E-state index in [9.17, 15) is 9.59 Å². The number of carboxylic acid groups (broad SMARTS) is 1. The van der Waals surface area contributed by atoms with Gasteiger partial charge in [-0.15, -0.1) is 0 Å². The molecule has 0 aliphatic carbocycles. The molecule has 0 radical (unpaired) electrons. The van der Waals surface area contributed by atoms with Gasteiger partial charge in [0.2, 0.25) is 5.91 Å². The van der Waals surface area contributed by atoms with Crippen LogP contribution in [-0.2, 0) is 16.0 Å². The number of carboxylic acids is 1. The number of rotatable bonds is 7. The van der Waals surface area contributed by atoms with Gasteiger partial charge in [0.15, 0.2) is 5.96 Å². The van der Waals surface area contributed by atoms with Crippen molar-refractivity contribution in [2.45, 2.75) is 19.3 Å². The summed E-state index contributed by atoms with van der Waals surface area (Å²) < 4.78 is 5.52. The zero-order valence-corrected chi connectivity index (χ0v) is 12.6. The first-order valence-corrected chi connectivity index (χ1v) is 7.32. The van der Waals surface area contributed by atoms with Gasteiger partial charge in [-0.2, -0.15) is 0 Å². The molecular formula is C15H20N4O4. The second-order valence-electron chi connectivity index (χ2n) is 5.33. The van der Waals surface area contributed by atoms with Crippen LogP contribution in [0.3, 0.4) is 0 Å². The van der Waals surface area contributed by atoms with Crippen LogP contribution in [0.5, 0.6) is 5.75 Å². The van der Waals surface area contributed by atoms with E-state index in [1.165, 1.54) is 0 Å². The van der Waals surface area contributed by atoms with Crippen LogP contribution in [0.1, 0.15) is 18.4 Å². The number of hydrogen-bond acceptors (Lipinski definition) is 4. The van der Waals surface area contributed by atoms with Crippen molar-refractivity contribution >= 4 is 23.5 Å². The average molecular weight is 320 g/mol. The largest absolute Gasteiger partial charge is 0.492 e. The number of aliphatic carboxylic acids is 1. The van der Waals surface area contributed by atoms with Crippen molar-refractivity contribution in [1.82, 2.24) is 5.32 Å². The molecule has 0 saturated heterocycles. The Balaban J connectivity index is 1.94. The zero-order valence-electron chi connectivity index (χ0n) is 12.6. The molecule has 6 N–H and O–H groups in total. The Morgan fingerprint density at radius 1 is 1.52 bits per heavy atom. The summed E-state index contributed by atoms with van der Waals surface area (Å²) >= 11 is 0. The van der Waals surface area contributed by atoms with Gasteiger partial charge >= 0.3 is 5.97 Å². The number of carbonyl (C=O) groups excluding carboxylic acids is 1. The molecular weight excluding hydrogens is 300 g/mol. The molecule has 1 aromatic carbocycles. The minimum Gasteiger partial charge on any atom is -0.492 e. The molecule has 0 saturated carbocycles. The Labute approximate surface area is 133 Å². The fourth-order valence-corrected chi connectivity index (χ4v) is 2.42. The highest BCUT2D eigenvalue weighted by atomic mass is 16.5. The number of carbonyl (C=O) groups is 2. The van der Waals surface area contributed by atoms with E-state index in [0.29, 0.717) is 37.4 Å². The van der Waals surface area contributed by atoms with Crippen LogP contribution >= 0.6 is 0 Å². The minimum absolute atomic E-state index is 0.0161. The Hall–Kier alpha value is -2.77. The van der Waals surface area contributed by atoms with Crippen molar-refractivity contribution in [2.24, 2.45) is 11.7 Å². The highest BCUT2D eigenvalue weighted by Crippen LogP contribution is 2.31. The van der Waals surface area contributed by atoms with Gasteiger partial charge in [0, 0.05) is 24.1 Å². The van der Waals surface area contributed by atoms with Gasteiger partial charge in [0.1, 0.15) is 12.4 Å². The minimum atomic E-state index is -0.897. The quantitative estimate of drug-likeness (QED) is 0.282. The van der Waals surface area contributed by atoms with E-state index in [2.05, 4.69) is 10.6 Å². The van der Waals surface area contributed by atoms with Crippen molar-refractivity contribution in [3.63, 3.8) is 0 Å². The Morgan fingerprint density at radius 3 is 3.00 bits per heavy atom. The van der Waals surface area contributed by atoms with Gasteiger partial charge < -0.3 is 26.2 Å². The zero-order chi connectivity index (χ0) is 16.8. The molecule has 8 nitrogen and oxygen atoms in total. The van der Waals surface area contributed by atoms with Gasteiger partial charge in [-0.3, -0.25) is 15.0 Å². The average Bonchev–Trinajstić information content (AvgIpc) is 2.49. The summed E-state index contributed by atoms with van der Waals surface area (Å²) in [5.74, 6) is -0.872. The third-order valence-corrected chi connectivity index (χ3v) is 3.57.